The number of nitrogens with zero attached hydrogens (tertiary/aromatic N) is 1. The van der Waals surface area contributed by atoms with Gasteiger partial charge < -0.3 is 20.5 Å². The molecule has 0 aliphatic heterocycles. The van der Waals surface area contributed by atoms with Crippen molar-refractivity contribution in [1.29, 1.82) is 0 Å². The summed E-state index contributed by atoms with van der Waals surface area (Å²) >= 11 is 3.15. The second-order valence-electron chi connectivity index (χ2n) is 3.74. The molecule has 0 bridgehead atoms. The minimum atomic E-state index is -0.371. The van der Waals surface area contributed by atoms with E-state index in [1.165, 1.54) is 6.07 Å². The van der Waals surface area contributed by atoms with E-state index < -0.39 is 0 Å². The van der Waals surface area contributed by atoms with Gasteiger partial charge in [0.05, 0.1) is 35.7 Å². The second-order valence-corrected chi connectivity index (χ2v) is 4.60. The van der Waals surface area contributed by atoms with Gasteiger partial charge in [0.1, 0.15) is 5.82 Å². The minimum absolute atomic E-state index is 0.0103. The van der Waals surface area contributed by atoms with E-state index in [-0.39, 0.29) is 12.4 Å². The summed E-state index contributed by atoms with van der Waals surface area (Å²) in [5.41, 5.74) is 6.99. The van der Waals surface area contributed by atoms with Crippen LogP contribution in [0.25, 0.3) is 0 Å². The smallest absolute Gasteiger partial charge is 0.139 e. The van der Waals surface area contributed by atoms with Crippen LogP contribution in [0.5, 0.6) is 0 Å². The number of nitrogen functional groups attached to an aromatic ring is 1. The van der Waals surface area contributed by atoms with E-state index in [1.54, 1.807) is 6.07 Å². The fourth-order valence-electron chi connectivity index (χ4n) is 1.62. The zero-order chi connectivity index (χ0) is 13.5. The Morgan fingerprint density at radius 1 is 1.44 bits per heavy atom. The zero-order valence-electron chi connectivity index (χ0n) is 10.3. The van der Waals surface area contributed by atoms with E-state index in [1.807, 2.05) is 11.8 Å². The van der Waals surface area contributed by atoms with Gasteiger partial charge in [-0.05, 0) is 28.9 Å². The summed E-state index contributed by atoms with van der Waals surface area (Å²) in [6, 6.07) is 2.97. The number of aliphatic hydroxyl groups excluding tert-OH is 1. The van der Waals surface area contributed by atoms with Crippen LogP contribution in [0.1, 0.15) is 6.92 Å². The van der Waals surface area contributed by atoms with Gasteiger partial charge in [0.15, 0.2) is 0 Å². The Morgan fingerprint density at radius 2 is 2.17 bits per heavy atom. The van der Waals surface area contributed by atoms with E-state index in [0.717, 1.165) is 12.2 Å². The van der Waals surface area contributed by atoms with Crippen molar-refractivity contribution in [2.75, 3.05) is 43.5 Å². The van der Waals surface area contributed by atoms with Crippen LogP contribution in [0.15, 0.2) is 16.6 Å². The summed E-state index contributed by atoms with van der Waals surface area (Å²) in [7, 11) is 0. The number of anilines is 2. The number of aliphatic hydroxyl groups is 1. The molecule has 0 aliphatic rings. The van der Waals surface area contributed by atoms with Gasteiger partial charge in [-0.15, -0.1) is 0 Å². The molecular weight excluding hydrogens is 303 g/mol. The van der Waals surface area contributed by atoms with Crippen LogP contribution in [0.3, 0.4) is 0 Å². The highest BCUT2D eigenvalue weighted by molar-refractivity contribution is 9.10. The molecule has 0 spiro atoms. The summed E-state index contributed by atoms with van der Waals surface area (Å²) in [5, 5.41) is 8.61. The third-order valence-corrected chi connectivity index (χ3v) is 3.14. The molecule has 0 saturated carbocycles. The number of likely N-dealkylation sites (N-methyl/N-ethyl adjacent to an activating group) is 1. The summed E-state index contributed by atoms with van der Waals surface area (Å²) in [6.07, 6.45) is 0. The maximum absolute atomic E-state index is 13.3. The molecule has 0 aromatic heterocycles. The average molecular weight is 321 g/mol. The third kappa shape index (κ3) is 4.12. The lowest BCUT2D eigenvalue weighted by Crippen LogP contribution is -2.28. The van der Waals surface area contributed by atoms with E-state index >= 15 is 0 Å². The normalized spacial score (nSPS) is 10.7. The summed E-state index contributed by atoms with van der Waals surface area (Å²) in [5.74, 6) is -0.371. The zero-order valence-corrected chi connectivity index (χ0v) is 11.9. The molecule has 0 saturated heterocycles. The number of nitrogens with two attached hydrogens (primary N) is 1. The first-order valence-corrected chi connectivity index (χ1v) is 6.57. The molecule has 0 atom stereocenters. The van der Waals surface area contributed by atoms with Crippen LogP contribution in [0, 0.1) is 5.82 Å². The molecule has 0 aliphatic carbocycles. The van der Waals surface area contributed by atoms with Crippen molar-refractivity contribution in [1.82, 2.24) is 0 Å². The monoisotopic (exact) mass is 320 g/mol. The van der Waals surface area contributed by atoms with Gasteiger partial charge in [-0.2, -0.15) is 0 Å². The van der Waals surface area contributed by atoms with E-state index in [9.17, 15) is 4.39 Å². The fourth-order valence-corrected chi connectivity index (χ4v) is 1.95. The quantitative estimate of drug-likeness (QED) is 0.596. The topological polar surface area (TPSA) is 58.7 Å². The van der Waals surface area contributed by atoms with Gasteiger partial charge in [0.2, 0.25) is 0 Å². The molecule has 1 rings (SSSR count). The van der Waals surface area contributed by atoms with E-state index in [4.69, 9.17) is 15.6 Å². The van der Waals surface area contributed by atoms with Crippen LogP contribution >= 0.6 is 15.9 Å². The number of rotatable bonds is 7. The van der Waals surface area contributed by atoms with E-state index in [2.05, 4.69) is 15.9 Å². The van der Waals surface area contributed by atoms with Crippen LogP contribution < -0.4 is 10.6 Å². The average Bonchev–Trinajstić information content (AvgIpc) is 2.35. The Morgan fingerprint density at radius 3 is 2.78 bits per heavy atom. The van der Waals surface area contributed by atoms with Crippen molar-refractivity contribution in [3.63, 3.8) is 0 Å². The molecule has 102 valence electrons. The van der Waals surface area contributed by atoms with Crippen LogP contribution in [0.2, 0.25) is 0 Å². The van der Waals surface area contributed by atoms with Gasteiger partial charge in [-0.1, -0.05) is 0 Å². The first-order valence-electron chi connectivity index (χ1n) is 5.78. The maximum atomic E-state index is 13.3. The molecule has 0 heterocycles. The lowest BCUT2D eigenvalue weighted by atomic mass is 10.2. The number of benzene rings is 1. The molecule has 3 N–H and O–H groups in total. The molecular formula is C12H18BrFN2O2. The molecule has 0 amide bonds. The van der Waals surface area contributed by atoms with Gasteiger partial charge in [-0.3, -0.25) is 0 Å². The molecule has 4 nitrogen and oxygen atoms in total. The Balaban J connectivity index is 2.72. The van der Waals surface area contributed by atoms with Crippen molar-refractivity contribution in [3.05, 3.63) is 22.4 Å². The molecule has 0 unspecified atom stereocenters. The predicted molar refractivity (Wildman–Crippen MR) is 74.3 cm³/mol. The third-order valence-electron chi connectivity index (χ3n) is 2.53. The summed E-state index contributed by atoms with van der Waals surface area (Å²) in [4.78, 5) is 2.00. The highest BCUT2D eigenvalue weighted by Crippen LogP contribution is 2.29. The van der Waals surface area contributed by atoms with Gasteiger partial charge >= 0.3 is 0 Å². The Labute approximate surface area is 115 Å². The van der Waals surface area contributed by atoms with Crippen molar-refractivity contribution < 1.29 is 14.2 Å². The first kappa shape index (κ1) is 15.2. The van der Waals surface area contributed by atoms with Crippen molar-refractivity contribution >= 4 is 27.3 Å². The Hall–Kier alpha value is -0.850. The number of ether oxygens (including phenoxy) is 1. The molecule has 6 heteroatoms. The fraction of sp³-hybridized carbons (Fsp3) is 0.500. The second kappa shape index (κ2) is 7.56. The standard InChI is InChI=1S/C12H18BrFN2O2/c1-2-16(3-5-18-6-4-17)12-7-9(13)10(14)8-11(12)15/h7-8,17H,2-6,15H2,1H3. The van der Waals surface area contributed by atoms with Gasteiger partial charge in [0.25, 0.3) is 0 Å². The van der Waals surface area contributed by atoms with Gasteiger partial charge in [0, 0.05) is 19.2 Å². The van der Waals surface area contributed by atoms with Crippen molar-refractivity contribution in [3.8, 4) is 0 Å². The minimum Gasteiger partial charge on any atom is -0.397 e. The Kier molecular flexibility index (Phi) is 6.38. The molecule has 1 aromatic carbocycles. The van der Waals surface area contributed by atoms with Crippen LogP contribution in [-0.2, 0) is 4.74 Å². The van der Waals surface area contributed by atoms with Crippen LogP contribution in [-0.4, -0.2) is 38.0 Å². The highest BCUT2D eigenvalue weighted by atomic mass is 79.9. The molecule has 0 radical (unpaired) electrons. The summed E-state index contributed by atoms with van der Waals surface area (Å²) < 4.78 is 18.9. The number of hydrogen-bond acceptors (Lipinski definition) is 4. The van der Waals surface area contributed by atoms with E-state index in [0.29, 0.717) is 29.9 Å². The SMILES string of the molecule is CCN(CCOCCO)c1cc(Br)c(F)cc1N. The predicted octanol–water partition coefficient (Wildman–Crippen LogP) is 2.01. The number of hydrogen-bond donors (Lipinski definition) is 2. The van der Waals surface area contributed by atoms with Crippen LogP contribution in [0.4, 0.5) is 15.8 Å². The Bertz CT molecular complexity index is 391. The summed E-state index contributed by atoms with van der Waals surface area (Å²) in [6.45, 7) is 4.19. The van der Waals surface area contributed by atoms with Crippen molar-refractivity contribution in [2.45, 2.75) is 6.92 Å². The largest absolute Gasteiger partial charge is 0.397 e. The lowest BCUT2D eigenvalue weighted by molar-refractivity contribution is 0.0967. The maximum Gasteiger partial charge on any atom is 0.139 e. The lowest BCUT2D eigenvalue weighted by Gasteiger charge is -2.24. The molecule has 18 heavy (non-hydrogen) atoms. The first-order chi connectivity index (χ1) is 8.60. The molecule has 1 aromatic rings. The molecule has 0 fully saturated rings. The highest BCUT2D eigenvalue weighted by Gasteiger charge is 2.11. The number of halogens is 2. The van der Waals surface area contributed by atoms with Gasteiger partial charge in [-0.25, -0.2) is 4.39 Å². The van der Waals surface area contributed by atoms with Crippen molar-refractivity contribution in [2.24, 2.45) is 0 Å².